The highest BCUT2D eigenvalue weighted by molar-refractivity contribution is 5.30. The lowest BCUT2D eigenvalue weighted by atomic mass is 9.90. The van der Waals surface area contributed by atoms with E-state index in [0.717, 1.165) is 33.8 Å². The van der Waals surface area contributed by atoms with Gasteiger partial charge in [0, 0.05) is 11.1 Å². The summed E-state index contributed by atoms with van der Waals surface area (Å²) in [6.45, 7) is 3.08. The van der Waals surface area contributed by atoms with E-state index >= 15 is 0 Å². The molecular formula is C33H32O6. The topological polar surface area (TPSA) is 55.4 Å². The average molecular weight is 525 g/mol. The van der Waals surface area contributed by atoms with Gasteiger partial charge in [0.2, 0.25) is 0 Å². The molecule has 2 saturated heterocycles. The van der Waals surface area contributed by atoms with E-state index in [1.165, 1.54) is 0 Å². The van der Waals surface area contributed by atoms with E-state index in [-0.39, 0.29) is 5.41 Å². The SMILES string of the molecule is c1ccc(COc2ccc(C3OCC4(CO3)COC(c3ccc(OCc5ccccc5)cc3)OC4)cc2)cc1. The minimum absolute atomic E-state index is 0.315. The first-order chi connectivity index (χ1) is 19.2. The Balaban J connectivity index is 0.958. The standard InChI is InChI=1S/C33H32O6/c1-3-7-25(8-4-1)19-34-29-15-11-27(12-16-29)31-36-21-33(22-37-31)23-38-32(39-24-33)28-13-17-30(18-14-28)35-20-26-9-5-2-6-10-26/h1-18,31-32H,19-24H2. The second-order valence-corrected chi connectivity index (χ2v) is 10.1. The first kappa shape index (κ1) is 25.6. The molecule has 39 heavy (non-hydrogen) atoms. The minimum atomic E-state index is -0.417. The van der Waals surface area contributed by atoms with Gasteiger partial charge in [-0.25, -0.2) is 0 Å². The molecule has 0 atom stereocenters. The van der Waals surface area contributed by atoms with E-state index in [4.69, 9.17) is 28.4 Å². The van der Waals surface area contributed by atoms with Gasteiger partial charge >= 0.3 is 0 Å². The largest absolute Gasteiger partial charge is 0.489 e. The van der Waals surface area contributed by atoms with Gasteiger partial charge < -0.3 is 28.4 Å². The molecule has 2 aliphatic rings. The Morgan fingerprint density at radius 3 is 1.21 bits per heavy atom. The predicted molar refractivity (Wildman–Crippen MR) is 146 cm³/mol. The highest BCUT2D eigenvalue weighted by Gasteiger charge is 2.42. The molecule has 0 N–H and O–H groups in total. The molecule has 0 radical (unpaired) electrons. The fraction of sp³-hybridized carbons (Fsp3) is 0.273. The van der Waals surface area contributed by atoms with Crippen molar-refractivity contribution in [3.8, 4) is 11.5 Å². The minimum Gasteiger partial charge on any atom is -0.489 e. The maximum atomic E-state index is 6.11. The van der Waals surface area contributed by atoms with Crippen LogP contribution in [0.2, 0.25) is 0 Å². The Hall–Kier alpha value is -3.68. The molecule has 0 amide bonds. The van der Waals surface area contributed by atoms with Crippen molar-refractivity contribution in [1.82, 2.24) is 0 Å². The van der Waals surface area contributed by atoms with Crippen LogP contribution in [0.3, 0.4) is 0 Å². The first-order valence-electron chi connectivity index (χ1n) is 13.2. The van der Waals surface area contributed by atoms with Crippen LogP contribution in [0.1, 0.15) is 34.8 Å². The summed E-state index contributed by atoms with van der Waals surface area (Å²) in [5.74, 6) is 1.62. The van der Waals surface area contributed by atoms with Crippen LogP contribution >= 0.6 is 0 Å². The van der Waals surface area contributed by atoms with Crippen LogP contribution in [-0.2, 0) is 32.2 Å². The summed E-state index contributed by atoms with van der Waals surface area (Å²) in [7, 11) is 0. The van der Waals surface area contributed by atoms with Crippen LogP contribution in [0.4, 0.5) is 0 Å². The second-order valence-electron chi connectivity index (χ2n) is 10.1. The molecule has 0 unspecified atom stereocenters. The first-order valence-corrected chi connectivity index (χ1v) is 13.2. The molecule has 2 aliphatic heterocycles. The molecule has 2 fully saturated rings. The number of hydrogen-bond donors (Lipinski definition) is 0. The van der Waals surface area contributed by atoms with Crippen molar-refractivity contribution >= 4 is 0 Å². The van der Waals surface area contributed by atoms with E-state index in [9.17, 15) is 0 Å². The van der Waals surface area contributed by atoms with Gasteiger partial charge in [0.05, 0.1) is 31.8 Å². The number of rotatable bonds is 8. The molecule has 6 rings (SSSR count). The lowest BCUT2D eigenvalue weighted by molar-refractivity contribution is -0.307. The van der Waals surface area contributed by atoms with Crippen molar-refractivity contribution in [2.24, 2.45) is 5.41 Å². The van der Waals surface area contributed by atoms with Gasteiger partial charge in [0.25, 0.3) is 0 Å². The van der Waals surface area contributed by atoms with Gasteiger partial charge in [-0.1, -0.05) is 84.9 Å². The third kappa shape index (κ3) is 6.49. The van der Waals surface area contributed by atoms with Crippen molar-refractivity contribution in [1.29, 1.82) is 0 Å². The van der Waals surface area contributed by atoms with Gasteiger partial charge in [-0.2, -0.15) is 0 Å². The van der Waals surface area contributed by atoms with E-state index in [2.05, 4.69) is 0 Å². The van der Waals surface area contributed by atoms with E-state index < -0.39 is 12.6 Å². The van der Waals surface area contributed by atoms with E-state index in [1.807, 2.05) is 109 Å². The zero-order valence-corrected chi connectivity index (χ0v) is 21.7. The monoisotopic (exact) mass is 524 g/mol. The number of hydrogen-bond acceptors (Lipinski definition) is 6. The van der Waals surface area contributed by atoms with Gasteiger partial charge in [0.1, 0.15) is 24.7 Å². The summed E-state index contributed by atoms with van der Waals surface area (Å²) in [4.78, 5) is 0. The van der Waals surface area contributed by atoms with Crippen molar-refractivity contribution in [2.75, 3.05) is 26.4 Å². The molecular weight excluding hydrogens is 492 g/mol. The summed E-state index contributed by atoms with van der Waals surface area (Å²) < 4.78 is 36.2. The lowest BCUT2D eigenvalue weighted by Crippen LogP contribution is -2.49. The number of benzene rings is 4. The normalized spacial score (nSPS) is 22.9. The molecule has 0 saturated carbocycles. The molecule has 200 valence electrons. The molecule has 6 nitrogen and oxygen atoms in total. The van der Waals surface area contributed by atoms with Crippen molar-refractivity contribution in [3.05, 3.63) is 131 Å². The molecule has 1 spiro atoms. The fourth-order valence-electron chi connectivity index (χ4n) is 4.67. The Kier molecular flexibility index (Phi) is 7.88. The van der Waals surface area contributed by atoms with Crippen LogP contribution in [0.5, 0.6) is 11.5 Å². The Labute approximate surface area is 229 Å². The lowest BCUT2D eigenvalue weighted by Gasteiger charge is -2.43. The molecule has 0 bridgehead atoms. The van der Waals surface area contributed by atoms with Crippen LogP contribution in [0.15, 0.2) is 109 Å². The van der Waals surface area contributed by atoms with Crippen LogP contribution < -0.4 is 9.47 Å². The summed E-state index contributed by atoms with van der Waals surface area (Å²) in [5, 5.41) is 0. The second kappa shape index (κ2) is 12.0. The quantitative estimate of drug-likeness (QED) is 0.258. The van der Waals surface area contributed by atoms with Crippen LogP contribution in [0.25, 0.3) is 0 Å². The maximum Gasteiger partial charge on any atom is 0.183 e. The van der Waals surface area contributed by atoms with E-state index in [0.29, 0.717) is 39.6 Å². The zero-order valence-electron chi connectivity index (χ0n) is 21.7. The summed E-state index contributed by atoms with van der Waals surface area (Å²) >= 11 is 0. The highest BCUT2D eigenvalue weighted by atomic mass is 16.7. The molecule has 4 aromatic carbocycles. The summed E-state index contributed by atoms with van der Waals surface area (Å²) in [6, 6.07) is 36.0. The number of ether oxygens (including phenoxy) is 6. The summed E-state index contributed by atoms with van der Waals surface area (Å²) in [5.41, 5.74) is 3.87. The van der Waals surface area contributed by atoms with Crippen LogP contribution in [-0.4, -0.2) is 26.4 Å². The third-order valence-corrected chi connectivity index (χ3v) is 6.96. The Morgan fingerprint density at radius 2 is 0.846 bits per heavy atom. The third-order valence-electron chi connectivity index (χ3n) is 6.96. The predicted octanol–water partition coefficient (Wildman–Crippen LogP) is 6.62. The van der Waals surface area contributed by atoms with Gasteiger partial charge in [-0.05, 0) is 35.4 Å². The van der Waals surface area contributed by atoms with Gasteiger partial charge in [0.15, 0.2) is 12.6 Å². The molecule has 4 aromatic rings. The van der Waals surface area contributed by atoms with Crippen molar-refractivity contribution in [3.63, 3.8) is 0 Å². The van der Waals surface area contributed by atoms with Crippen molar-refractivity contribution in [2.45, 2.75) is 25.8 Å². The molecule has 2 heterocycles. The van der Waals surface area contributed by atoms with Crippen molar-refractivity contribution < 1.29 is 28.4 Å². The molecule has 0 aliphatic carbocycles. The zero-order chi connectivity index (χ0) is 26.3. The van der Waals surface area contributed by atoms with E-state index in [1.54, 1.807) is 0 Å². The fourth-order valence-corrected chi connectivity index (χ4v) is 4.67. The summed E-state index contributed by atoms with van der Waals surface area (Å²) in [6.07, 6.45) is -0.833. The molecule has 6 heteroatoms. The average Bonchev–Trinajstić information content (AvgIpc) is 3.01. The van der Waals surface area contributed by atoms with Gasteiger partial charge in [-0.15, -0.1) is 0 Å². The maximum absolute atomic E-state index is 6.11. The van der Waals surface area contributed by atoms with Gasteiger partial charge in [-0.3, -0.25) is 0 Å². The van der Waals surface area contributed by atoms with Crippen LogP contribution in [0, 0.1) is 5.41 Å². The smallest absolute Gasteiger partial charge is 0.183 e. The Morgan fingerprint density at radius 1 is 0.487 bits per heavy atom. The Bertz CT molecular complexity index is 1180. The molecule has 0 aromatic heterocycles. The highest BCUT2D eigenvalue weighted by Crippen LogP contribution is 2.38.